The molecule has 1 amide bonds. The highest BCUT2D eigenvalue weighted by Crippen LogP contribution is 2.32. The van der Waals surface area contributed by atoms with Gasteiger partial charge in [0.15, 0.2) is 0 Å². The number of halogens is 1. The number of carbonyl (C=O) groups is 1. The number of carbonyl (C=O) groups excluding carboxylic acids is 1. The van der Waals surface area contributed by atoms with Crippen molar-refractivity contribution in [3.63, 3.8) is 0 Å². The van der Waals surface area contributed by atoms with E-state index in [1.54, 1.807) is 6.92 Å². The molecule has 0 spiro atoms. The topological polar surface area (TPSA) is 75.4 Å². The highest BCUT2D eigenvalue weighted by molar-refractivity contribution is 5.95. The standard InChI is InChI=1S/C16H23FN2O2/c1-10-4-3-5-16(8-10,9-20)19-15(21)12-6-13(17)11(2)14(18)7-12/h6-7,10,20H,3-5,8-9,18H2,1-2H3,(H,19,21). The summed E-state index contributed by atoms with van der Waals surface area (Å²) >= 11 is 0. The van der Waals surface area contributed by atoms with Crippen LogP contribution in [0.2, 0.25) is 0 Å². The molecule has 1 aromatic carbocycles. The Bertz CT molecular complexity index is 524. The van der Waals surface area contributed by atoms with Crippen molar-refractivity contribution < 1.29 is 14.3 Å². The minimum absolute atomic E-state index is 0.104. The van der Waals surface area contributed by atoms with Crippen molar-refractivity contribution in [2.24, 2.45) is 5.92 Å². The fraction of sp³-hybridized carbons (Fsp3) is 0.562. The van der Waals surface area contributed by atoms with E-state index in [9.17, 15) is 14.3 Å². The summed E-state index contributed by atoms with van der Waals surface area (Å²) in [7, 11) is 0. The van der Waals surface area contributed by atoms with Gasteiger partial charge in [-0.15, -0.1) is 0 Å². The third-order valence-corrected chi connectivity index (χ3v) is 4.42. The normalized spacial score (nSPS) is 25.6. The second-order valence-electron chi connectivity index (χ2n) is 6.27. The van der Waals surface area contributed by atoms with Gasteiger partial charge in [-0.05, 0) is 37.8 Å². The van der Waals surface area contributed by atoms with Crippen LogP contribution in [0.3, 0.4) is 0 Å². The Morgan fingerprint density at radius 1 is 1.57 bits per heavy atom. The average Bonchev–Trinajstić information content (AvgIpc) is 2.44. The number of aliphatic hydroxyl groups excluding tert-OH is 1. The summed E-state index contributed by atoms with van der Waals surface area (Å²) in [5.74, 6) is -0.426. The SMILES string of the molecule is Cc1c(N)cc(C(=O)NC2(CO)CCCC(C)C2)cc1F. The van der Waals surface area contributed by atoms with Crippen molar-refractivity contribution in [3.05, 3.63) is 29.1 Å². The van der Waals surface area contributed by atoms with E-state index in [-0.39, 0.29) is 23.8 Å². The van der Waals surface area contributed by atoms with Gasteiger partial charge in [-0.1, -0.05) is 19.8 Å². The number of hydrogen-bond donors (Lipinski definition) is 3. The van der Waals surface area contributed by atoms with Crippen molar-refractivity contribution in [1.82, 2.24) is 5.32 Å². The second kappa shape index (κ2) is 6.02. The Balaban J connectivity index is 2.20. The minimum atomic E-state index is -0.606. The molecule has 116 valence electrons. The zero-order chi connectivity index (χ0) is 15.6. The van der Waals surface area contributed by atoms with Gasteiger partial charge in [0, 0.05) is 16.8 Å². The fourth-order valence-electron chi connectivity index (χ4n) is 3.10. The predicted molar refractivity (Wildman–Crippen MR) is 80.5 cm³/mol. The lowest BCUT2D eigenvalue weighted by molar-refractivity contribution is 0.0696. The summed E-state index contributed by atoms with van der Waals surface area (Å²) in [6.45, 7) is 3.58. The molecule has 2 unspecified atom stereocenters. The molecule has 21 heavy (non-hydrogen) atoms. The van der Waals surface area contributed by atoms with Crippen LogP contribution in [0.25, 0.3) is 0 Å². The van der Waals surface area contributed by atoms with Gasteiger partial charge >= 0.3 is 0 Å². The maximum atomic E-state index is 13.7. The summed E-state index contributed by atoms with van der Waals surface area (Å²) in [6, 6.07) is 2.67. The molecule has 0 saturated heterocycles. The van der Waals surface area contributed by atoms with E-state index in [1.165, 1.54) is 12.1 Å². The maximum Gasteiger partial charge on any atom is 0.251 e. The molecule has 0 aliphatic heterocycles. The van der Waals surface area contributed by atoms with Gasteiger partial charge in [-0.3, -0.25) is 4.79 Å². The van der Waals surface area contributed by atoms with Crippen LogP contribution in [0.5, 0.6) is 0 Å². The first-order valence-corrected chi connectivity index (χ1v) is 7.36. The van der Waals surface area contributed by atoms with Crippen molar-refractivity contribution in [1.29, 1.82) is 0 Å². The molecular weight excluding hydrogens is 271 g/mol. The van der Waals surface area contributed by atoms with Crippen LogP contribution in [0.1, 0.15) is 48.5 Å². The molecular formula is C16H23FN2O2. The lowest BCUT2D eigenvalue weighted by Crippen LogP contribution is -2.53. The zero-order valence-corrected chi connectivity index (χ0v) is 12.6. The van der Waals surface area contributed by atoms with Gasteiger partial charge in [0.05, 0.1) is 12.1 Å². The molecule has 0 aromatic heterocycles. The van der Waals surface area contributed by atoms with E-state index in [1.807, 2.05) is 0 Å². The molecule has 1 aliphatic carbocycles. The first-order chi connectivity index (χ1) is 9.87. The van der Waals surface area contributed by atoms with Crippen molar-refractivity contribution in [2.75, 3.05) is 12.3 Å². The number of nitrogens with two attached hydrogens (primary N) is 1. The maximum absolute atomic E-state index is 13.7. The van der Waals surface area contributed by atoms with Crippen LogP contribution >= 0.6 is 0 Å². The lowest BCUT2D eigenvalue weighted by Gasteiger charge is -2.39. The number of rotatable bonds is 3. The van der Waals surface area contributed by atoms with Crippen LogP contribution < -0.4 is 11.1 Å². The summed E-state index contributed by atoms with van der Waals surface area (Å²) < 4.78 is 13.7. The summed E-state index contributed by atoms with van der Waals surface area (Å²) in [4.78, 5) is 12.4. The molecule has 0 radical (unpaired) electrons. The Labute approximate surface area is 124 Å². The van der Waals surface area contributed by atoms with Gasteiger partial charge in [-0.25, -0.2) is 4.39 Å². The van der Waals surface area contributed by atoms with Gasteiger partial charge in [0.1, 0.15) is 5.82 Å². The average molecular weight is 294 g/mol. The molecule has 2 atom stereocenters. The molecule has 0 heterocycles. The van der Waals surface area contributed by atoms with E-state index in [4.69, 9.17) is 5.73 Å². The molecule has 5 heteroatoms. The summed E-state index contributed by atoms with van der Waals surface area (Å²) in [6.07, 6.45) is 3.54. The number of benzene rings is 1. The lowest BCUT2D eigenvalue weighted by atomic mass is 9.76. The quantitative estimate of drug-likeness (QED) is 0.749. The molecule has 4 N–H and O–H groups in total. The number of nitrogens with one attached hydrogen (secondary N) is 1. The van der Waals surface area contributed by atoms with Crippen molar-refractivity contribution in [2.45, 2.75) is 45.1 Å². The Kier molecular flexibility index (Phi) is 4.52. The number of nitrogen functional groups attached to an aromatic ring is 1. The van der Waals surface area contributed by atoms with Crippen LogP contribution in [0, 0.1) is 18.7 Å². The molecule has 4 nitrogen and oxygen atoms in total. The fourth-order valence-corrected chi connectivity index (χ4v) is 3.10. The first kappa shape index (κ1) is 15.8. The number of aliphatic hydroxyl groups is 1. The van der Waals surface area contributed by atoms with Crippen molar-refractivity contribution >= 4 is 11.6 Å². The minimum Gasteiger partial charge on any atom is -0.398 e. The highest BCUT2D eigenvalue weighted by Gasteiger charge is 2.36. The summed E-state index contributed by atoms with van der Waals surface area (Å²) in [5.41, 5.74) is 5.90. The van der Waals surface area contributed by atoms with Gasteiger partial charge in [-0.2, -0.15) is 0 Å². The van der Waals surface area contributed by atoms with E-state index in [0.29, 0.717) is 11.5 Å². The van der Waals surface area contributed by atoms with Crippen LogP contribution in [-0.4, -0.2) is 23.2 Å². The Hall–Kier alpha value is -1.62. The number of anilines is 1. The monoisotopic (exact) mass is 294 g/mol. The van der Waals surface area contributed by atoms with Crippen LogP contribution in [0.4, 0.5) is 10.1 Å². The molecule has 1 saturated carbocycles. The molecule has 2 rings (SSSR count). The van der Waals surface area contributed by atoms with Gasteiger partial charge in [0.25, 0.3) is 5.91 Å². The largest absolute Gasteiger partial charge is 0.398 e. The molecule has 1 fully saturated rings. The van der Waals surface area contributed by atoms with Crippen molar-refractivity contribution in [3.8, 4) is 0 Å². The molecule has 1 aromatic rings. The second-order valence-corrected chi connectivity index (χ2v) is 6.27. The van der Waals surface area contributed by atoms with E-state index >= 15 is 0 Å². The third kappa shape index (κ3) is 3.35. The smallest absolute Gasteiger partial charge is 0.251 e. The highest BCUT2D eigenvalue weighted by atomic mass is 19.1. The molecule has 1 aliphatic rings. The number of amides is 1. The van der Waals surface area contributed by atoms with Gasteiger partial charge < -0.3 is 16.2 Å². The predicted octanol–water partition coefficient (Wildman–Crippen LogP) is 2.39. The van der Waals surface area contributed by atoms with Crippen LogP contribution in [-0.2, 0) is 0 Å². The number of hydrogen-bond acceptors (Lipinski definition) is 3. The van der Waals surface area contributed by atoms with Gasteiger partial charge in [0.2, 0.25) is 0 Å². The zero-order valence-electron chi connectivity index (χ0n) is 12.6. The Morgan fingerprint density at radius 3 is 2.86 bits per heavy atom. The van der Waals surface area contributed by atoms with Crippen LogP contribution in [0.15, 0.2) is 12.1 Å². The van der Waals surface area contributed by atoms with E-state index in [0.717, 1.165) is 25.7 Å². The van der Waals surface area contributed by atoms with E-state index < -0.39 is 11.4 Å². The third-order valence-electron chi connectivity index (χ3n) is 4.42. The Morgan fingerprint density at radius 2 is 2.29 bits per heavy atom. The summed E-state index contributed by atoms with van der Waals surface area (Å²) in [5, 5.41) is 12.6. The first-order valence-electron chi connectivity index (χ1n) is 7.36. The van der Waals surface area contributed by atoms with E-state index in [2.05, 4.69) is 12.2 Å². The molecule has 0 bridgehead atoms.